The third-order valence-corrected chi connectivity index (χ3v) is 5.98. The molecule has 164 valence electrons. The average molecular weight is 432 g/mol. The van der Waals surface area contributed by atoms with Crippen LogP contribution in [0, 0.1) is 19.7 Å². The molecule has 1 saturated heterocycles. The molecule has 0 atom stereocenters. The van der Waals surface area contributed by atoms with Gasteiger partial charge in [-0.1, -0.05) is 12.1 Å². The zero-order valence-corrected chi connectivity index (χ0v) is 18.5. The summed E-state index contributed by atoms with van der Waals surface area (Å²) in [6.07, 6.45) is 1.80. The van der Waals surface area contributed by atoms with E-state index < -0.39 is 0 Å². The number of aromatic nitrogens is 4. The van der Waals surface area contributed by atoms with E-state index in [1.54, 1.807) is 10.9 Å². The highest BCUT2D eigenvalue weighted by Crippen LogP contribution is 2.29. The number of nitrogens with one attached hydrogen (secondary N) is 1. The third-order valence-electron chi connectivity index (χ3n) is 5.98. The van der Waals surface area contributed by atoms with Crippen molar-refractivity contribution in [3.05, 3.63) is 65.6 Å². The van der Waals surface area contributed by atoms with Crippen LogP contribution in [0.3, 0.4) is 0 Å². The van der Waals surface area contributed by atoms with Gasteiger partial charge in [0.25, 0.3) is 0 Å². The van der Waals surface area contributed by atoms with E-state index in [9.17, 15) is 4.39 Å². The minimum Gasteiger partial charge on any atom is -0.368 e. The number of aryl methyl sites for hydroxylation is 3. The van der Waals surface area contributed by atoms with Crippen molar-refractivity contribution in [2.75, 3.05) is 41.3 Å². The minimum atomic E-state index is -0.214. The van der Waals surface area contributed by atoms with Gasteiger partial charge in [-0.3, -0.25) is 4.68 Å². The zero-order valence-electron chi connectivity index (χ0n) is 18.5. The Morgan fingerprint density at radius 2 is 1.62 bits per heavy atom. The average Bonchev–Trinajstić information content (AvgIpc) is 3.18. The van der Waals surface area contributed by atoms with E-state index in [-0.39, 0.29) is 5.82 Å². The molecule has 0 bridgehead atoms. The quantitative estimate of drug-likeness (QED) is 0.523. The molecule has 32 heavy (non-hydrogen) atoms. The van der Waals surface area contributed by atoms with Crippen LogP contribution in [0.15, 0.2) is 48.7 Å². The van der Waals surface area contributed by atoms with Gasteiger partial charge in [0, 0.05) is 44.6 Å². The molecular formula is C24H26FN7. The van der Waals surface area contributed by atoms with Crippen molar-refractivity contribution < 1.29 is 4.39 Å². The number of benzene rings is 2. The van der Waals surface area contributed by atoms with Crippen molar-refractivity contribution in [1.29, 1.82) is 0 Å². The molecule has 0 aliphatic carbocycles. The summed E-state index contributed by atoms with van der Waals surface area (Å²) in [5.74, 6) is 1.23. The van der Waals surface area contributed by atoms with E-state index in [0.717, 1.165) is 60.0 Å². The first kappa shape index (κ1) is 20.2. The first-order chi connectivity index (χ1) is 15.5. The van der Waals surface area contributed by atoms with E-state index in [1.807, 2.05) is 19.2 Å². The van der Waals surface area contributed by atoms with Crippen LogP contribution in [-0.2, 0) is 7.05 Å². The van der Waals surface area contributed by atoms with E-state index in [4.69, 9.17) is 9.97 Å². The molecule has 3 heterocycles. The first-order valence-corrected chi connectivity index (χ1v) is 10.8. The van der Waals surface area contributed by atoms with Gasteiger partial charge in [0.1, 0.15) is 11.6 Å². The molecule has 1 aliphatic rings. The van der Waals surface area contributed by atoms with Crippen molar-refractivity contribution >= 4 is 34.2 Å². The van der Waals surface area contributed by atoms with E-state index in [2.05, 4.69) is 52.3 Å². The summed E-state index contributed by atoms with van der Waals surface area (Å²) in [6.45, 7) is 7.36. The SMILES string of the molecule is Cc1ccc(C)c(Nc2nc(N3CCN(c4ccc(F)cc4)CC3)nc3c2cnn3C)c1. The predicted molar refractivity (Wildman–Crippen MR) is 126 cm³/mol. The molecule has 0 saturated carbocycles. The lowest BCUT2D eigenvalue weighted by atomic mass is 10.1. The number of hydrogen-bond donors (Lipinski definition) is 1. The summed E-state index contributed by atoms with van der Waals surface area (Å²) >= 11 is 0. The van der Waals surface area contributed by atoms with Crippen molar-refractivity contribution in [3.8, 4) is 0 Å². The molecule has 1 aliphatic heterocycles. The van der Waals surface area contributed by atoms with Crippen molar-refractivity contribution in [1.82, 2.24) is 19.7 Å². The van der Waals surface area contributed by atoms with Gasteiger partial charge in [0.2, 0.25) is 5.95 Å². The van der Waals surface area contributed by atoms with Gasteiger partial charge in [-0.25, -0.2) is 4.39 Å². The van der Waals surface area contributed by atoms with Crippen LogP contribution in [0.1, 0.15) is 11.1 Å². The summed E-state index contributed by atoms with van der Waals surface area (Å²) < 4.78 is 15.0. The van der Waals surface area contributed by atoms with Crippen LogP contribution < -0.4 is 15.1 Å². The smallest absolute Gasteiger partial charge is 0.229 e. The minimum absolute atomic E-state index is 0.214. The van der Waals surface area contributed by atoms with Gasteiger partial charge in [-0.15, -0.1) is 0 Å². The largest absolute Gasteiger partial charge is 0.368 e. The highest BCUT2D eigenvalue weighted by Gasteiger charge is 2.22. The number of nitrogens with zero attached hydrogens (tertiary/aromatic N) is 6. The number of piperazine rings is 1. The van der Waals surface area contributed by atoms with Gasteiger partial charge in [-0.05, 0) is 55.3 Å². The Morgan fingerprint density at radius 3 is 2.38 bits per heavy atom. The third kappa shape index (κ3) is 3.84. The fourth-order valence-electron chi connectivity index (χ4n) is 4.06. The van der Waals surface area contributed by atoms with Crippen LogP contribution >= 0.6 is 0 Å². The van der Waals surface area contributed by atoms with Gasteiger partial charge in [0.15, 0.2) is 5.65 Å². The molecular weight excluding hydrogens is 405 g/mol. The monoisotopic (exact) mass is 431 g/mol. The predicted octanol–water partition coefficient (Wildman–Crippen LogP) is 4.19. The van der Waals surface area contributed by atoms with Crippen LogP contribution in [0.2, 0.25) is 0 Å². The van der Waals surface area contributed by atoms with E-state index >= 15 is 0 Å². The van der Waals surface area contributed by atoms with Crippen molar-refractivity contribution in [2.24, 2.45) is 7.05 Å². The molecule has 4 aromatic rings. The maximum Gasteiger partial charge on any atom is 0.229 e. The Hall–Kier alpha value is -3.68. The van der Waals surface area contributed by atoms with Gasteiger partial charge in [0.05, 0.1) is 11.6 Å². The highest BCUT2D eigenvalue weighted by atomic mass is 19.1. The standard InChI is InChI=1S/C24H26FN7/c1-16-4-5-17(2)21(14-16)27-22-20-15-26-30(3)23(20)29-24(28-22)32-12-10-31(11-13-32)19-8-6-18(25)7-9-19/h4-9,14-15H,10-13H2,1-3H3,(H,27,28,29). The second kappa shape index (κ2) is 8.11. The van der Waals surface area contributed by atoms with Crippen molar-refractivity contribution in [3.63, 3.8) is 0 Å². The number of anilines is 4. The molecule has 2 aromatic carbocycles. The fraction of sp³-hybridized carbons (Fsp3) is 0.292. The molecule has 7 nitrogen and oxygen atoms in total. The van der Waals surface area contributed by atoms with Crippen LogP contribution in [0.4, 0.5) is 27.5 Å². The maximum atomic E-state index is 13.3. The summed E-state index contributed by atoms with van der Waals surface area (Å²) in [6, 6.07) is 13.0. The summed E-state index contributed by atoms with van der Waals surface area (Å²) in [7, 11) is 1.90. The molecule has 0 unspecified atom stereocenters. The van der Waals surface area contributed by atoms with Crippen LogP contribution in [0.25, 0.3) is 11.0 Å². The number of fused-ring (bicyclic) bond motifs is 1. The number of halogens is 1. The van der Waals surface area contributed by atoms with Crippen LogP contribution in [0.5, 0.6) is 0 Å². The Balaban J connectivity index is 1.43. The lowest BCUT2D eigenvalue weighted by Crippen LogP contribution is -2.47. The number of rotatable bonds is 4. The molecule has 1 fully saturated rings. The highest BCUT2D eigenvalue weighted by molar-refractivity contribution is 5.89. The summed E-state index contributed by atoms with van der Waals surface area (Å²) in [5, 5.41) is 8.80. The van der Waals surface area contributed by atoms with Gasteiger partial charge < -0.3 is 15.1 Å². The molecule has 1 N–H and O–H groups in total. The summed E-state index contributed by atoms with van der Waals surface area (Å²) in [5.41, 5.74) is 5.20. The molecule has 0 spiro atoms. The molecule has 2 aromatic heterocycles. The Kier molecular flexibility index (Phi) is 5.13. The maximum absolute atomic E-state index is 13.3. The molecule has 8 heteroatoms. The number of hydrogen-bond acceptors (Lipinski definition) is 6. The topological polar surface area (TPSA) is 62.1 Å². The Labute approximate surface area is 186 Å². The van der Waals surface area contributed by atoms with Gasteiger partial charge >= 0.3 is 0 Å². The fourth-order valence-corrected chi connectivity index (χ4v) is 4.06. The zero-order chi connectivity index (χ0) is 22.2. The lowest BCUT2D eigenvalue weighted by Gasteiger charge is -2.36. The molecule has 5 rings (SSSR count). The first-order valence-electron chi connectivity index (χ1n) is 10.8. The van der Waals surface area contributed by atoms with E-state index in [1.165, 1.54) is 17.7 Å². The van der Waals surface area contributed by atoms with E-state index in [0.29, 0.717) is 5.95 Å². The Bertz CT molecular complexity index is 1260. The second-order valence-corrected chi connectivity index (χ2v) is 8.27. The van der Waals surface area contributed by atoms with Gasteiger partial charge in [-0.2, -0.15) is 15.1 Å². The van der Waals surface area contributed by atoms with Crippen molar-refractivity contribution in [2.45, 2.75) is 13.8 Å². The summed E-state index contributed by atoms with van der Waals surface area (Å²) in [4.78, 5) is 14.2. The normalized spacial score (nSPS) is 14.2. The lowest BCUT2D eigenvalue weighted by molar-refractivity contribution is 0.623. The van der Waals surface area contributed by atoms with Crippen LogP contribution in [-0.4, -0.2) is 45.9 Å². The molecule has 0 amide bonds. The second-order valence-electron chi connectivity index (χ2n) is 8.27. The molecule has 0 radical (unpaired) electrons. The Morgan fingerprint density at radius 1 is 0.906 bits per heavy atom.